The first kappa shape index (κ1) is 23.3. The summed E-state index contributed by atoms with van der Waals surface area (Å²) in [6, 6.07) is 12.7. The Morgan fingerprint density at radius 2 is 1.94 bits per heavy atom. The average Bonchev–Trinajstić information content (AvgIpc) is 2.82. The molecule has 3 aromatic rings. The Bertz CT molecular complexity index is 1360. The lowest BCUT2D eigenvalue weighted by atomic mass is 9.82. The van der Waals surface area contributed by atoms with E-state index in [1.165, 1.54) is 0 Å². The number of hydrogen-bond donors (Lipinski definition) is 2. The van der Waals surface area contributed by atoms with Crippen LogP contribution in [-0.2, 0) is 7.05 Å². The van der Waals surface area contributed by atoms with E-state index in [2.05, 4.69) is 16.3 Å². The Labute approximate surface area is 198 Å². The predicted molar refractivity (Wildman–Crippen MR) is 132 cm³/mol. The summed E-state index contributed by atoms with van der Waals surface area (Å²) in [6.45, 7) is 7.14. The molecule has 0 amide bonds. The van der Waals surface area contributed by atoms with Crippen LogP contribution in [0.25, 0.3) is 10.9 Å². The molecule has 1 aromatic heterocycles. The van der Waals surface area contributed by atoms with Gasteiger partial charge in [-0.1, -0.05) is 18.2 Å². The van der Waals surface area contributed by atoms with Gasteiger partial charge in [0.15, 0.2) is 0 Å². The zero-order chi connectivity index (χ0) is 24.6. The van der Waals surface area contributed by atoms with E-state index in [1.54, 1.807) is 35.9 Å². The smallest absolute Gasteiger partial charge is 0.337 e. The zero-order valence-corrected chi connectivity index (χ0v) is 19.9. The fraction of sp³-hybridized carbons (Fsp3) is 0.385. The Morgan fingerprint density at radius 3 is 2.59 bits per heavy atom. The lowest BCUT2D eigenvalue weighted by Crippen LogP contribution is -2.41. The largest absolute Gasteiger partial charge is 0.478 e. The summed E-state index contributed by atoms with van der Waals surface area (Å²) in [5.74, 6) is -0.422. The predicted octanol–water partition coefficient (Wildman–Crippen LogP) is 4.24. The second kappa shape index (κ2) is 8.82. The number of aromatic carboxylic acids is 1. The van der Waals surface area contributed by atoms with Gasteiger partial charge < -0.3 is 15.3 Å². The number of fused-ring (bicyclic) bond motifs is 1. The molecule has 1 saturated heterocycles. The van der Waals surface area contributed by atoms with Gasteiger partial charge in [-0.05, 0) is 57.4 Å². The zero-order valence-electron chi connectivity index (χ0n) is 19.9. The van der Waals surface area contributed by atoms with Crippen molar-refractivity contribution < 1.29 is 9.90 Å². The molecule has 0 radical (unpaired) electrons. The molecule has 2 heterocycles. The molecule has 1 aliphatic heterocycles. The molecule has 2 aromatic carbocycles. The molecule has 4 rings (SSSR count). The molecule has 1 aliphatic rings. The van der Waals surface area contributed by atoms with Crippen molar-refractivity contribution in [3.05, 3.63) is 63.4 Å². The summed E-state index contributed by atoms with van der Waals surface area (Å²) in [7, 11) is 1.73. The van der Waals surface area contributed by atoms with Crippen LogP contribution in [0.5, 0.6) is 0 Å². The number of nitriles is 1. The third kappa shape index (κ3) is 4.21. The van der Waals surface area contributed by atoms with Gasteiger partial charge in [-0.3, -0.25) is 9.36 Å². The van der Waals surface area contributed by atoms with E-state index in [-0.39, 0.29) is 22.6 Å². The van der Waals surface area contributed by atoms with Crippen LogP contribution in [0.4, 0.5) is 11.6 Å². The minimum atomic E-state index is -1.01. The average molecular weight is 460 g/mol. The highest BCUT2D eigenvalue weighted by atomic mass is 16.4. The van der Waals surface area contributed by atoms with Gasteiger partial charge >= 0.3 is 5.97 Å². The van der Waals surface area contributed by atoms with Crippen LogP contribution in [0, 0.1) is 23.7 Å². The number of hydrogen-bond acceptors (Lipinski definition) is 6. The fourth-order valence-electron chi connectivity index (χ4n) is 4.57. The van der Waals surface area contributed by atoms with E-state index >= 15 is 0 Å². The molecular formula is C26H29N5O3. The van der Waals surface area contributed by atoms with Crippen LogP contribution < -0.4 is 15.8 Å². The normalized spacial score (nSPS) is 16.1. The van der Waals surface area contributed by atoms with Gasteiger partial charge in [0.25, 0.3) is 5.56 Å². The molecule has 34 heavy (non-hydrogen) atoms. The van der Waals surface area contributed by atoms with Crippen LogP contribution >= 0.6 is 0 Å². The third-order valence-corrected chi connectivity index (χ3v) is 6.75. The highest BCUT2D eigenvalue weighted by molar-refractivity contribution is 5.94. The van der Waals surface area contributed by atoms with Crippen LogP contribution in [0.1, 0.15) is 54.2 Å². The molecule has 0 aliphatic carbocycles. The third-order valence-electron chi connectivity index (χ3n) is 6.75. The number of nitrogens with zero attached hydrogens (tertiary/aromatic N) is 4. The molecule has 2 N–H and O–H groups in total. The van der Waals surface area contributed by atoms with Crippen molar-refractivity contribution in [3.63, 3.8) is 0 Å². The molecule has 0 spiro atoms. The van der Waals surface area contributed by atoms with Crippen molar-refractivity contribution in [1.29, 1.82) is 5.26 Å². The number of anilines is 2. The molecule has 176 valence electrons. The number of nitrogens with one attached hydrogen (secondary N) is 1. The maximum Gasteiger partial charge on any atom is 0.337 e. The molecule has 8 heteroatoms. The summed E-state index contributed by atoms with van der Waals surface area (Å²) >= 11 is 0. The SMILES string of the molecule is Cc1cc([C@@H](C)Nc2ccccc2C(=O)O)c2nc(N3CCC(C)(C#N)CC3)n(C)c(=O)c2c1. The lowest BCUT2D eigenvalue weighted by Gasteiger charge is -2.36. The van der Waals surface area contributed by atoms with E-state index in [0.717, 1.165) is 11.1 Å². The van der Waals surface area contributed by atoms with Crippen molar-refractivity contribution >= 4 is 28.5 Å². The molecule has 0 bridgehead atoms. The lowest BCUT2D eigenvalue weighted by molar-refractivity contribution is 0.0698. The van der Waals surface area contributed by atoms with Crippen molar-refractivity contribution in [1.82, 2.24) is 9.55 Å². The van der Waals surface area contributed by atoms with Crippen LogP contribution in [0.3, 0.4) is 0 Å². The summed E-state index contributed by atoms with van der Waals surface area (Å²) in [5.41, 5.74) is 2.56. The maximum absolute atomic E-state index is 13.3. The molecule has 1 fully saturated rings. The van der Waals surface area contributed by atoms with Crippen LogP contribution in [0.15, 0.2) is 41.2 Å². The summed E-state index contributed by atoms with van der Waals surface area (Å²) in [6.07, 6.45) is 1.42. The highest BCUT2D eigenvalue weighted by Crippen LogP contribution is 2.33. The molecule has 0 saturated carbocycles. The quantitative estimate of drug-likeness (QED) is 0.587. The number of aryl methyl sites for hydroxylation is 1. The van der Waals surface area contributed by atoms with Gasteiger partial charge in [0, 0.05) is 31.4 Å². The number of rotatable bonds is 5. The first-order chi connectivity index (χ1) is 16.1. The Balaban J connectivity index is 1.78. The minimum absolute atomic E-state index is 0.128. The maximum atomic E-state index is 13.3. The van der Waals surface area contributed by atoms with E-state index in [9.17, 15) is 20.0 Å². The van der Waals surface area contributed by atoms with Crippen molar-refractivity contribution in [2.24, 2.45) is 12.5 Å². The number of aromatic nitrogens is 2. The van der Waals surface area contributed by atoms with E-state index < -0.39 is 5.97 Å². The van der Waals surface area contributed by atoms with E-state index in [0.29, 0.717) is 48.5 Å². The Morgan fingerprint density at radius 1 is 1.26 bits per heavy atom. The summed E-state index contributed by atoms with van der Waals surface area (Å²) in [5, 5.41) is 22.8. The number of carboxylic acids is 1. The standard InChI is InChI=1S/C26H29N5O3/c1-16-13-19(17(2)28-21-8-6-5-7-18(21)24(33)34)22-20(14-16)23(32)30(4)25(29-22)31-11-9-26(3,15-27)10-12-31/h5-8,13-14,17,28H,9-12H2,1-4H3,(H,33,34)/t17-/m1/s1. The Hall–Kier alpha value is -3.86. The van der Waals surface area contributed by atoms with Gasteiger partial charge in [-0.2, -0.15) is 5.26 Å². The number of carboxylic acid groups (broad SMARTS) is 1. The highest BCUT2D eigenvalue weighted by Gasteiger charge is 2.31. The summed E-state index contributed by atoms with van der Waals surface area (Å²) in [4.78, 5) is 32.0. The van der Waals surface area contributed by atoms with Crippen LogP contribution in [-0.4, -0.2) is 33.7 Å². The van der Waals surface area contributed by atoms with E-state index in [4.69, 9.17) is 4.98 Å². The van der Waals surface area contributed by atoms with Crippen LogP contribution in [0.2, 0.25) is 0 Å². The molecule has 8 nitrogen and oxygen atoms in total. The summed E-state index contributed by atoms with van der Waals surface area (Å²) < 4.78 is 1.58. The molecule has 1 atom stereocenters. The monoisotopic (exact) mass is 459 g/mol. The number of carbonyl (C=O) groups is 1. The van der Waals surface area contributed by atoms with Gasteiger partial charge in [-0.25, -0.2) is 9.78 Å². The van der Waals surface area contributed by atoms with Gasteiger partial charge in [0.05, 0.1) is 34.0 Å². The number of para-hydroxylation sites is 1. The number of piperidine rings is 1. The van der Waals surface area contributed by atoms with Crippen molar-refractivity contribution in [2.45, 2.75) is 39.7 Å². The van der Waals surface area contributed by atoms with Gasteiger partial charge in [0.2, 0.25) is 5.95 Å². The minimum Gasteiger partial charge on any atom is -0.478 e. The second-order valence-electron chi connectivity index (χ2n) is 9.40. The fourth-order valence-corrected chi connectivity index (χ4v) is 4.57. The van der Waals surface area contributed by atoms with Gasteiger partial charge in [0.1, 0.15) is 0 Å². The van der Waals surface area contributed by atoms with Gasteiger partial charge in [-0.15, -0.1) is 0 Å². The molecular weight excluding hydrogens is 430 g/mol. The van der Waals surface area contributed by atoms with Crippen molar-refractivity contribution in [2.75, 3.05) is 23.3 Å². The topological polar surface area (TPSA) is 111 Å². The molecule has 0 unspecified atom stereocenters. The Kier molecular flexibility index (Phi) is 6.05. The first-order valence-electron chi connectivity index (χ1n) is 11.4. The second-order valence-corrected chi connectivity index (χ2v) is 9.40. The number of benzene rings is 2. The van der Waals surface area contributed by atoms with Crippen molar-refractivity contribution in [3.8, 4) is 6.07 Å². The first-order valence-corrected chi connectivity index (χ1v) is 11.4. The van der Waals surface area contributed by atoms with E-state index in [1.807, 2.05) is 32.9 Å².